The summed E-state index contributed by atoms with van der Waals surface area (Å²) in [4.78, 5) is 0. The Hall–Kier alpha value is -0.300. The Kier molecular flexibility index (Phi) is 1.91. The largest absolute Gasteiger partial charge is 0.389 e. The lowest BCUT2D eigenvalue weighted by Gasteiger charge is -2.11. The minimum absolute atomic E-state index is 0.169. The van der Waals surface area contributed by atoms with E-state index in [2.05, 4.69) is 19.9 Å². The number of hydrogen-bond acceptors (Lipinski definition) is 1. The van der Waals surface area contributed by atoms with Crippen LogP contribution in [0.1, 0.15) is 20.3 Å². The number of hydrogen-bond donors (Lipinski definition) is 1. The summed E-state index contributed by atoms with van der Waals surface area (Å²) in [5.41, 5.74) is 0. The molecule has 0 amide bonds. The molecular formula is C8H14O. The van der Waals surface area contributed by atoms with Crippen molar-refractivity contribution in [2.45, 2.75) is 26.4 Å². The third kappa shape index (κ3) is 1.55. The van der Waals surface area contributed by atoms with E-state index in [1.807, 2.05) is 6.08 Å². The van der Waals surface area contributed by atoms with Gasteiger partial charge >= 0.3 is 0 Å². The van der Waals surface area contributed by atoms with E-state index < -0.39 is 0 Å². The van der Waals surface area contributed by atoms with E-state index in [0.29, 0.717) is 11.8 Å². The minimum Gasteiger partial charge on any atom is -0.389 e. The van der Waals surface area contributed by atoms with Crippen molar-refractivity contribution in [3.8, 4) is 0 Å². The summed E-state index contributed by atoms with van der Waals surface area (Å²) in [7, 11) is 0. The average Bonchev–Trinajstić information content (AvgIpc) is 2.14. The molecule has 0 aromatic rings. The van der Waals surface area contributed by atoms with Crippen molar-refractivity contribution in [1.82, 2.24) is 0 Å². The average molecular weight is 126 g/mol. The van der Waals surface area contributed by atoms with Crippen molar-refractivity contribution in [2.24, 2.45) is 11.8 Å². The number of allylic oxidation sites excluding steroid dienone is 1. The molecule has 0 radical (unpaired) electrons. The first kappa shape index (κ1) is 6.81. The van der Waals surface area contributed by atoms with Gasteiger partial charge in [0.25, 0.3) is 0 Å². The Bertz CT molecular complexity index is 116. The molecule has 9 heavy (non-hydrogen) atoms. The molecule has 52 valence electrons. The van der Waals surface area contributed by atoms with Crippen LogP contribution in [0.4, 0.5) is 0 Å². The molecule has 0 saturated carbocycles. The summed E-state index contributed by atoms with van der Waals surface area (Å²) < 4.78 is 0. The predicted octanol–water partition coefficient (Wildman–Crippen LogP) is 1.58. The quantitative estimate of drug-likeness (QED) is 0.529. The first-order valence-electron chi connectivity index (χ1n) is 3.56. The van der Waals surface area contributed by atoms with Gasteiger partial charge in [-0.05, 0) is 18.3 Å². The van der Waals surface area contributed by atoms with Gasteiger partial charge in [0, 0.05) is 0 Å². The number of aliphatic hydroxyl groups excluding tert-OH is 1. The molecule has 1 heteroatoms. The molecule has 1 aliphatic rings. The highest BCUT2D eigenvalue weighted by molar-refractivity contribution is 5.03. The fourth-order valence-corrected chi connectivity index (χ4v) is 1.20. The van der Waals surface area contributed by atoms with Crippen LogP contribution >= 0.6 is 0 Å². The normalized spacial score (nSPS) is 34.2. The van der Waals surface area contributed by atoms with Gasteiger partial charge < -0.3 is 5.11 Å². The molecule has 0 unspecified atom stereocenters. The van der Waals surface area contributed by atoms with Crippen molar-refractivity contribution in [3.63, 3.8) is 0 Å². The van der Waals surface area contributed by atoms with Crippen LogP contribution in [-0.2, 0) is 0 Å². The van der Waals surface area contributed by atoms with Crippen LogP contribution in [0.25, 0.3) is 0 Å². The lowest BCUT2D eigenvalue weighted by atomic mass is 9.95. The lowest BCUT2D eigenvalue weighted by molar-refractivity contribution is 0.200. The van der Waals surface area contributed by atoms with Gasteiger partial charge in [-0.3, -0.25) is 0 Å². The van der Waals surface area contributed by atoms with Crippen LogP contribution in [0, 0.1) is 11.8 Å². The molecule has 0 aromatic heterocycles. The second kappa shape index (κ2) is 2.53. The molecule has 0 saturated heterocycles. The van der Waals surface area contributed by atoms with Crippen molar-refractivity contribution in [2.75, 3.05) is 0 Å². The highest BCUT2D eigenvalue weighted by Crippen LogP contribution is 2.24. The maximum atomic E-state index is 9.06. The molecule has 0 spiro atoms. The maximum absolute atomic E-state index is 9.06. The van der Waals surface area contributed by atoms with E-state index in [9.17, 15) is 0 Å². The molecule has 0 heterocycles. The zero-order chi connectivity index (χ0) is 6.85. The predicted molar refractivity (Wildman–Crippen MR) is 38.1 cm³/mol. The fourth-order valence-electron chi connectivity index (χ4n) is 1.20. The zero-order valence-electron chi connectivity index (χ0n) is 6.04. The van der Waals surface area contributed by atoms with Crippen LogP contribution in [0.3, 0.4) is 0 Å². The van der Waals surface area contributed by atoms with Crippen molar-refractivity contribution >= 4 is 0 Å². The van der Waals surface area contributed by atoms with Gasteiger partial charge in [0.15, 0.2) is 0 Å². The third-order valence-electron chi connectivity index (χ3n) is 1.95. The van der Waals surface area contributed by atoms with Crippen LogP contribution in [-0.4, -0.2) is 11.2 Å². The smallest absolute Gasteiger partial charge is 0.0726 e. The van der Waals surface area contributed by atoms with Gasteiger partial charge in [0.1, 0.15) is 0 Å². The van der Waals surface area contributed by atoms with E-state index in [0.717, 1.165) is 6.42 Å². The second-order valence-corrected chi connectivity index (χ2v) is 3.10. The van der Waals surface area contributed by atoms with Crippen LogP contribution < -0.4 is 0 Å². The minimum atomic E-state index is -0.169. The van der Waals surface area contributed by atoms with E-state index in [-0.39, 0.29) is 6.10 Å². The lowest BCUT2D eigenvalue weighted by Crippen LogP contribution is -2.06. The van der Waals surface area contributed by atoms with Crippen molar-refractivity contribution in [3.05, 3.63) is 12.2 Å². The van der Waals surface area contributed by atoms with Gasteiger partial charge in [-0.1, -0.05) is 26.0 Å². The highest BCUT2D eigenvalue weighted by atomic mass is 16.3. The number of aliphatic hydroxyl groups is 1. The highest BCUT2D eigenvalue weighted by Gasteiger charge is 2.18. The second-order valence-electron chi connectivity index (χ2n) is 3.10. The van der Waals surface area contributed by atoms with Crippen LogP contribution in [0.5, 0.6) is 0 Å². The molecule has 1 aliphatic carbocycles. The molecule has 1 nitrogen and oxygen atoms in total. The van der Waals surface area contributed by atoms with Gasteiger partial charge in [-0.25, -0.2) is 0 Å². The van der Waals surface area contributed by atoms with E-state index in [1.54, 1.807) is 0 Å². The summed E-state index contributed by atoms with van der Waals surface area (Å²) >= 11 is 0. The standard InChI is InChI=1S/C8H14O/c1-6(2)7-3-4-8(9)5-7/h3-4,6-9H,5H2,1-2H3/t7-,8-/m1/s1. The van der Waals surface area contributed by atoms with Crippen LogP contribution in [0.2, 0.25) is 0 Å². The Balaban J connectivity index is 2.41. The molecular weight excluding hydrogens is 112 g/mol. The SMILES string of the molecule is CC(C)[C@@H]1C=C[C@@H](O)C1. The van der Waals surface area contributed by atoms with Gasteiger partial charge in [0.05, 0.1) is 6.10 Å². The Morgan fingerprint density at radius 2 is 2.11 bits per heavy atom. The topological polar surface area (TPSA) is 20.2 Å². The van der Waals surface area contributed by atoms with E-state index in [1.165, 1.54) is 0 Å². The van der Waals surface area contributed by atoms with Gasteiger partial charge in [-0.2, -0.15) is 0 Å². The maximum Gasteiger partial charge on any atom is 0.0726 e. The van der Waals surface area contributed by atoms with E-state index in [4.69, 9.17) is 5.11 Å². The summed E-state index contributed by atoms with van der Waals surface area (Å²) in [5.74, 6) is 1.29. The zero-order valence-corrected chi connectivity index (χ0v) is 6.04. The molecule has 0 fully saturated rings. The number of rotatable bonds is 1. The molecule has 1 rings (SSSR count). The summed E-state index contributed by atoms with van der Waals surface area (Å²) in [6.07, 6.45) is 4.77. The first-order chi connectivity index (χ1) is 4.20. The monoisotopic (exact) mass is 126 g/mol. The van der Waals surface area contributed by atoms with Gasteiger partial charge in [-0.15, -0.1) is 0 Å². The molecule has 0 bridgehead atoms. The fraction of sp³-hybridized carbons (Fsp3) is 0.750. The van der Waals surface area contributed by atoms with E-state index >= 15 is 0 Å². The Morgan fingerprint density at radius 3 is 2.33 bits per heavy atom. The van der Waals surface area contributed by atoms with Crippen molar-refractivity contribution < 1.29 is 5.11 Å². The van der Waals surface area contributed by atoms with Gasteiger partial charge in [0.2, 0.25) is 0 Å². The third-order valence-corrected chi connectivity index (χ3v) is 1.95. The molecule has 0 aliphatic heterocycles. The summed E-state index contributed by atoms with van der Waals surface area (Å²) in [5, 5.41) is 9.06. The first-order valence-corrected chi connectivity index (χ1v) is 3.56. The summed E-state index contributed by atoms with van der Waals surface area (Å²) in [6, 6.07) is 0. The summed E-state index contributed by atoms with van der Waals surface area (Å²) in [6.45, 7) is 4.38. The Labute approximate surface area is 56.4 Å². The molecule has 2 atom stereocenters. The Morgan fingerprint density at radius 1 is 1.44 bits per heavy atom. The van der Waals surface area contributed by atoms with Crippen LogP contribution in [0.15, 0.2) is 12.2 Å². The molecule has 0 aromatic carbocycles. The van der Waals surface area contributed by atoms with Crippen molar-refractivity contribution in [1.29, 1.82) is 0 Å². The molecule has 1 N–H and O–H groups in total.